The van der Waals surface area contributed by atoms with Gasteiger partial charge in [-0.2, -0.15) is 0 Å². The second-order valence-corrected chi connectivity index (χ2v) is 14.2. The summed E-state index contributed by atoms with van der Waals surface area (Å²) < 4.78 is 29.4. The third-order valence-electron chi connectivity index (χ3n) is 7.64. The third kappa shape index (κ3) is 8.82. The molecule has 7 nitrogen and oxygen atoms in total. The number of rotatable bonds is 13. The van der Waals surface area contributed by atoms with Gasteiger partial charge in [0.15, 0.2) is 0 Å². The number of sulfonamides is 1. The summed E-state index contributed by atoms with van der Waals surface area (Å²) in [6.45, 7) is 4.96. The molecule has 0 saturated heterocycles. The fourth-order valence-electron chi connectivity index (χ4n) is 4.83. The van der Waals surface area contributed by atoms with E-state index in [0.717, 1.165) is 15.4 Å². The number of anilines is 1. The van der Waals surface area contributed by atoms with E-state index in [0.29, 0.717) is 17.0 Å². The van der Waals surface area contributed by atoms with E-state index in [1.807, 2.05) is 51.1 Å². The molecule has 4 rings (SSSR count). The number of carbonyl (C=O) groups excluding carboxylic acids is 2. The smallest absolute Gasteiger partial charge is 0.264 e. The summed E-state index contributed by atoms with van der Waals surface area (Å²) in [4.78, 5) is 29.9. The van der Waals surface area contributed by atoms with Crippen molar-refractivity contribution < 1.29 is 18.0 Å². The van der Waals surface area contributed by atoms with Gasteiger partial charge >= 0.3 is 0 Å². The SMILES string of the molecule is CC[C@H](C)NC(=O)[C@@H](Cc1ccccc1)N(Cc1ccccc1Cl)C(=O)CN(c1cc(Cl)ccc1Cl)S(=O)(=O)c1ccc(C)cc1. The molecule has 0 bridgehead atoms. The van der Waals surface area contributed by atoms with Crippen LogP contribution in [0.25, 0.3) is 0 Å². The van der Waals surface area contributed by atoms with Crippen molar-refractivity contribution in [3.05, 3.63) is 129 Å². The number of amides is 2. The van der Waals surface area contributed by atoms with E-state index >= 15 is 0 Å². The minimum absolute atomic E-state index is 0.0319. The lowest BCUT2D eigenvalue weighted by Gasteiger charge is -2.34. The maximum atomic E-state index is 14.6. The molecule has 46 heavy (non-hydrogen) atoms. The maximum Gasteiger partial charge on any atom is 0.264 e. The molecular formula is C35H36Cl3N3O4S. The van der Waals surface area contributed by atoms with E-state index in [9.17, 15) is 18.0 Å². The second-order valence-electron chi connectivity index (χ2n) is 11.1. The van der Waals surface area contributed by atoms with Gasteiger partial charge in [-0.1, -0.05) is 108 Å². The Kier molecular flexibility index (Phi) is 12.1. The summed E-state index contributed by atoms with van der Waals surface area (Å²) in [6, 6.07) is 25.9. The number of hydrogen-bond donors (Lipinski definition) is 1. The quantitative estimate of drug-likeness (QED) is 0.155. The molecule has 0 saturated carbocycles. The number of halogens is 3. The summed E-state index contributed by atoms with van der Waals surface area (Å²) >= 11 is 19.4. The van der Waals surface area contributed by atoms with Gasteiger partial charge in [-0.3, -0.25) is 13.9 Å². The third-order valence-corrected chi connectivity index (χ3v) is 10.3. The molecule has 0 aliphatic heterocycles. The number of aryl methyl sites for hydroxylation is 1. The molecule has 11 heteroatoms. The fraction of sp³-hybridized carbons (Fsp3) is 0.257. The molecule has 1 N–H and O–H groups in total. The highest BCUT2D eigenvalue weighted by atomic mass is 35.5. The highest BCUT2D eigenvalue weighted by Gasteiger charge is 2.36. The first-order valence-electron chi connectivity index (χ1n) is 14.8. The Balaban J connectivity index is 1.85. The normalized spacial score (nSPS) is 12.7. The number of nitrogens with one attached hydrogen (secondary N) is 1. The largest absolute Gasteiger partial charge is 0.352 e. The zero-order valence-corrected chi connectivity index (χ0v) is 28.9. The maximum absolute atomic E-state index is 14.6. The van der Waals surface area contributed by atoms with Gasteiger partial charge in [0.2, 0.25) is 11.8 Å². The van der Waals surface area contributed by atoms with Crippen LogP contribution in [0.4, 0.5) is 5.69 Å². The van der Waals surface area contributed by atoms with Gasteiger partial charge in [0.1, 0.15) is 12.6 Å². The van der Waals surface area contributed by atoms with E-state index in [4.69, 9.17) is 34.8 Å². The van der Waals surface area contributed by atoms with Gasteiger partial charge < -0.3 is 10.2 Å². The number of nitrogens with zero attached hydrogens (tertiary/aromatic N) is 2. The molecule has 0 aliphatic rings. The van der Waals surface area contributed by atoms with E-state index < -0.39 is 28.5 Å². The van der Waals surface area contributed by atoms with Gasteiger partial charge in [0.05, 0.1) is 15.6 Å². The van der Waals surface area contributed by atoms with Crippen LogP contribution in [0.15, 0.2) is 102 Å². The summed E-state index contributed by atoms with van der Waals surface area (Å²) in [5, 5.41) is 3.74. The molecule has 0 aromatic heterocycles. The van der Waals surface area contributed by atoms with Crippen molar-refractivity contribution in [3.63, 3.8) is 0 Å². The molecule has 0 unspecified atom stereocenters. The van der Waals surface area contributed by atoms with Gasteiger partial charge in [-0.05, 0) is 67.8 Å². The number of carbonyl (C=O) groups is 2. The Morgan fingerprint density at radius 1 is 0.848 bits per heavy atom. The second kappa shape index (κ2) is 15.8. The molecule has 0 heterocycles. The fourth-order valence-corrected chi connectivity index (χ4v) is 6.89. The predicted molar refractivity (Wildman–Crippen MR) is 186 cm³/mol. The van der Waals surface area contributed by atoms with Crippen LogP contribution < -0.4 is 9.62 Å². The molecule has 4 aromatic carbocycles. The van der Waals surface area contributed by atoms with E-state index in [1.54, 1.807) is 36.4 Å². The summed E-state index contributed by atoms with van der Waals surface area (Å²) in [6.07, 6.45) is 0.861. The van der Waals surface area contributed by atoms with Crippen LogP contribution in [-0.2, 0) is 32.6 Å². The highest BCUT2D eigenvalue weighted by molar-refractivity contribution is 7.92. The van der Waals surface area contributed by atoms with Gasteiger partial charge in [-0.25, -0.2) is 8.42 Å². The lowest BCUT2D eigenvalue weighted by Crippen LogP contribution is -2.54. The molecule has 4 aromatic rings. The Morgan fingerprint density at radius 2 is 1.50 bits per heavy atom. The Morgan fingerprint density at radius 3 is 2.15 bits per heavy atom. The molecule has 0 spiro atoms. The molecule has 0 aliphatic carbocycles. The van der Waals surface area contributed by atoms with Crippen molar-refractivity contribution in [2.75, 3.05) is 10.8 Å². The topological polar surface area (TPSA) is 86.8 Å². The van der Waals surface area contributed by atoms with Crippen molar-refractivity contribution in [3.8, 4) is 0 Å². The number of hydrogen-bond acceptors (Lipinski definition) is 4. The molecule has 2 amide bonds. The van der Waals surface area contributed by atoms with Crippen LogP contribution in [0.2, 0.25) is 15.1 Å². The van der Waals surface area contributed by atoms with Crippen LogP contribution in [0.1, 0.15) is 37.0 Å². The zero-order chi connectivity index (χ0) is 33.4. The van der Waals surface area contributed by atoms with Crippen LogP contribution in [0, 0.1) is 6.92 Å². The Labute approximate surface area is 286 Å². The van der Waals surface area contributed by atoms with Gasteiger partial charge in [0, 0.05) is 29.1 Å². The zero-order valence-electron chi connectivity index (χ0n) is 25.8. The van der Waals surface area contributed by atoms with Gasteiger partial charge in [-0.15, -0.1) is 0 Å². The highest BCUT2D eigenvalue weighted by Crippen LogP contribution is 2.33. The average molecular weight is 701 g/mol. The first-order valence-corrected chi connectivity index (χ1v) is 17.4. The van der Waals surface area contributed by atoms with Gasteiger partial charge in [0.25, 0.3) is 10.0 Å². The summed E-state index contributed by atoms with van der Waals surface area (Å²) in [5.74, 6) is -1.00. The monoisotopic (exact) mass is 699 g/mol. The van der Waals surface area contributed by atoms with Crippen LogP contribution >= 0.6 is 34.8 Å². The summed E-state index contributed by atoms with van der Waals surface area (Å²) in [5.41, 5.74) is 2.32. The minimum Gasteiger partial charge on any atom is -0.352 e. The minimum atomic E-state index is -4.33. The molecular weight excluding hydrogens is 665 g/mol. The molecule has 2 atom stereocenters. The van der Waals surface area contributed by atoms with Crippen LogP contribution in [0.5, 0.6) is 0 Å². The van der Waals surface area contributed by atoms with E-state index in [1.165, 1.54) is 35.2 Å². The van der Waals surface area contributed by atoms with Crippen molar-refractivity contribution in [1.29, 1.82) is 0 Å². The van der Waals surface area contributed by atoms with Crippen LogP contribution in [-0.4, -0.2) is 43.8 Å². The van der Waals surface area contributed by atoms with E-state index in [2.05, 4.69) is 5.32 Å². The van der Waals surface area contributed by atoms with Crippen molar-refractivity contribution in [1.82, 2.24) is 10.2 Å². The number of benzene rings is 4. The molecule has 0 radical (unpaired) electrons. The van der Waals surface area contributed by atoms with Crippen molar-refractivity contribution in [2.24, 2.45) is 0 Å². The Bertz CT molecular complexity index is 1770. The standard InChI is InChI=1S/C35H36Cl3N3O4S/c1-4-25(3)39-35(43)33(20-26-10-6-5-7-11-26)40(22-27-12-8-9-13-30(27)37)34(42)23-41(32-21-28(36)16-19-31(32)38)46(44,45)29-17-14-24(2)15-18-29/h5-19,21,25,33H,4,20,22-23H2,1-3H3,(H,39,43)/t25-,33+/m0/s1. The average Bonchev–Trinajstić information content (AvgIpc) is 3.04. The lowest BCUT2D eigenvalue weighted by atomic mass is 10.0. The summed E-state index contributed by atoms with van der Waals surface area (Å²) in [7, 11) is -4.33. The Hall–Kier alpha value is -3.56. The van der Waals surface area contributed by atoms with E-state index in [-0.39, 0.29) is 45.5 Å². The first-order chi connectivity index (χ1) is 21.9. The molecule has 242 valence electrons. The predicted octanol–water partition coefficient (Wildman–Crippen LogP) is 7.71. The first kappa shape index (κ1) is 35.3. The van der Waals surface area contributed by atoms with Crippen molar-refractivity contribution >= 4 is 62.3 Å². The van der Waals surface area contributed by atoms with Crippen molar-refractivity contribution in [2.45, 2.75) is 57.1 Å². The van der Waals surface area contributed by atoms with Crippen LogP contribution in [0.3, 0.4) is 0 Å². The lowest BCUT2D eigenvalue weighted by molar-refractivity contribution is -0.140. The molecule has 0 fully saturated rings.